The SMILES string of the molecule is COc1ccc(CCl)cc1.COc1ccc(COc2c(-c3cnn(C(F)F)c3)nnc(C(F)(F)F)c2Br)cc1.O=c1c(-c2cnn(C(F)F)c2)n[nH]c(C(F)(F)F)c1Br. The first-order valence-corrected chi connectivity index (χ1v) is 18.0. The molecule has 59 heavy (non-hydrogen) atoms. The van der Waals surface area contributed by atoms with Crippen LogP contribution in [0.25, 0.3) is 22.5 Å². The fourth-order valence-electron chi connectivity index (χ4n) is 4.44. The molecule has 12 nitrogen and oxygen atoms in total. The number of nitrogens with one attached hydrogen (secondary N) is 1. The molecule has 316 valence electrons. The molecule has 1 N–H and O–H groups in total. The summed E-state index contributed by atoms with van der Waals surface area (Å²) < 4.78 is 142. The summed E-state index contributed by atoms with van der Waals surface area (Å²) in [6.07, 6.45) is -5.90. The summed E-state index contributed by atoms with van der Waals surface area (Å²) in [5.41, 5.74) is -2.69. The number of aromatic nitrogens is 8. The standard InChI is InChI=1S/C17H12BrF5N4O2.C9H4BrF5N4O.C8H9ClO/c1-28-11-4-2-9(3-5-11)8-29-14-12(18)15(17(21,22)23)26-25-13(14)10-6-24-27(7-10)16(19)20;10-4-6(20)5(17-18-7(4)9(13,14)15)3-1-16-19(2-3)8(11)12;1-10-8-4-2-7(6-9)3-5-8/h2-7,16H,8H2,1H3;1-2,8H,(H,18,20);2-5H,6H2,1H3. The highest BCUT2D eigenvalue weighted by atomic mass is 79.9. The number of halogens is 13. The average Bonchev–Trinajstić information content (AvgIpc) is 3.90. The molecule has 0 aliphatic carbocycles. The van der Waals surface area contributed by atoms with E-state index in [-0.39, 0.29) is 33.9 Å². The molecule has 0 unspecified atom stereocenters. The summed E-state index contributed by atoms with van der Waals surface area (Å²) in [4.78, 5) is 11.8. The summed E-state index contributed by atoms with van der Waals surface area (Å²) in [5, 5.41) is 18.4. The maximum Gasteiger partial charge on any atom is 0.436 e. The molecule has 0 spiro atoms. The van der Waals surface area contributed by atoms with Gasteiger partial charge in [0.1, 0.15) is 29.5 Å². The molecular weight excluding hydrogens is 970 g/mol. The first kappa shape index (κ1) is 46.5. The molecule has 0 aliphatic heterocycles. The minimum atomic E-state index is -4.80. The monoisotopic (exact) mass is 992 g/mol. The number of hydrogen-bond donors (Lipinski definition) is 1. The van der Waals surface area contributed by atoms with Crippen molar-refractivity contribution in [2.75, 3.05) is 14.2 Å². The van der Waals surface area contributed by atoms with E-state index >= 15 is 0 Å². The van der Waals surface area contributed by atoms with Crippen molar-refractivity contribution in [3.8, 4) is 39.8 Å². The molecule has 0 saturated carbocycles. The van der Waals surface area contributed by atoms with Gasteiger partial charge in [0.05, 0.1) is 35.6 Å². The van der Waals surface area contributed by atoms with E-state index in [1.807, 2.05) is 24.3 Å². The van der Waals surface area contributed by atoms with E-state index in [2.05, 4.69) is 57.4 Å². The predicted octanol–water partition coefficient (Wildman–Crippen LogP) is 10.3. The van der Waals surface area contributed by atoms with Crippen LogP contribution in [0.2, 0.25) is 0 Å². The first-order chi connectivity index (χ1) is 27.8. The quantitative estimate of drug-likeness (QED) is 0.105. The maximum absolute atomic E-state index is 13.2. The second kappa shape index (κ2) is 20.2. The van der Waals surface area contributed by atoms with Crippen LogP contribution in [0.1, 0.15) is 35.6 Å². The molecule has 25 heteroatoms. The number of nitrogens with zero attached hydrogens (tertiary/aromatic N) is 7. The van der Waals surface area contributed by atoms with E-state index in [0.29, 0.717) is 21.9 Å². The summed E-state index contributed by atoms with van der Waals surface area (Å²) >= 11 is 11.0. The summed E-state index contributed by atoms with van der Waals surface area (Å²) in [6, 6.07) is 14.4. The highest BCUT2D eigenvalue weighted by molar-refractivity contribution is 9.10. The van der Waals surface area contributed by atoms with Crippen LogP contribution in [0.3, 0.4) is 0 Å². The molecular formula is C34H25Br2ClF10N8O4. The van der Waals surface area contributed by atoms with Crippen molar-refractivity contribution in [2.45, 2.75) is 37.9 Å². The Balaban J connectivity index is 0.000000220. The van der Waals surface area contributed by atoms with Crippen LogP contribution in [0, 0.1) is 0 Å². The third kappa shape index (κ3) is 12.2. The summed E-state index contributed by atoms with van der Waals surface area (Å²) in [5.74, 6) is 1.73. The van der Waals surface area contributed by atoms with E-state index in [1.165, 1.54) is 7.11 Å². The third-order valence-corrected chi connectivity index (χ3v) is 9.14. The maximum atomic E-state index is 13.2. The van der Waals surface area contributed by atoms with Gasteiger partial charge >= 0.3 is 25.5 Å². The van der Waals surface area contributed by atoms with Gasteiger partial charge in [-0.25, -0.2) is 9.36 Å². The van der Waals surface area contributed by atoms with Gasteiger partial charge in [-0.1, -0.05) is 24.3 Å². The van der Waals surface area contributed by atoms with Crippen LogP contribution in [-0.2, 0) is 24.8 Å². The van der Waals surface area contributed by atoms with Gasteiger partial charge in [-0.3, -0.25) is 9.89 Å². The Morgan fingerprint density at radius 1 is 0.729 bits per heavy atom. The number of alkyl halides is 11. The van der Waals surface area contributed by atoms with Crippen molar-refractivity contribution in [2.24, 2.45) is 0 Å². The molecule has 6 aromatic rings. The van der Waals surface area contributed by atoms with E-state index in [4.69, 9.17) is 25.8 Å². The molecule has 0 aliphatic rings. The van der Waals surface area contributed by atoms with Crippen molar-refractivity contribution >= 4 is 43.5 Å². The van der Waals surface area contributed by atoms with Crippen LogP contribution >= 0.6 is 43.5 Å². The third-order valence-electron chi connectivity index (χ3n) is 7.34. The Morgan fingerprint density at radius 2 is 1.22 bits per heavy atom. The minimum absolute atomic E-state index is 0.0250. The number of H-pyrrole nitrogens is 1. The van der Waals surface area contributed by atoms with Gasteiger partial charge in [-0.2, -0.15) is 59.2 Å². The zero-order valence-electron chi connectivity index (χ0n) is 29.7. The zero-order chi connectivity index (χ0) is 43.7. The highest BCUT2D eigenvalue weighted by Gasteiger charge is 2.39. The van der Waals surface area contributed by atoms with Crippen LogP contribution in [0.5, 0.6) is 17.2 Å². The lowest BCUT2D eigenvalue weighted by Crippen LogP contribution is -2.19. The van der Waals surface area contributed by atoms with Crippen molar-refractivity contribution < 1.29 is 58.1 Å². The number of benzene rings is 2. The van der Waals surface area contributed by atoms with Gasteiger partial charge in [0.25, 0.3) is 0 Å². The second-order valence-corrected chi connectivity index (χ2v) is 13.1. The lowest BCUT2D eigenvalue weighted by molar-refractivity contribution is -0.143. The van der Waals surface area contributed by atoms with Gasteiger partial charge in [0, 0.05) is 29.4 Å². The first-order valence-electron chi connectivity index (χ1n) is 15.9. The van der Waals surface area contributed by atoms with Crippen LogP contribution in [0.4, 0.5) is 43.9 Å². The van der Waals surface area contributed by atoms with E-state index < -0.39 is 56.9 Å². The van der Waals surface area contributed by atoms with Crippen molar-refractivity contribution in [1.82, 2.24) is 40.0 Å². The molecule has 0 saturated heterocycles. The molecule has 6 rings (SSSR count). The average molecular weight is 995 g/mol. The molecule has 4 heterocycles. The smallest absolute Gasteiger partial charge is 0.436 e. The van der Waals surface area contributed by atoms with Crippen molar-refractivity contribution in [3.05, 3.63) is 115 Å². The van der Waals surface area contributed by atoms with Gasteiger partial charge < -0.3 is 14.2 Å². The molecule has 0 bridgehead atoms. The van der Waals surface area contributed by atoms with Gasteiger partial charge in [0.15, 0.2) is 17.1 Å². The molecule has 0 fully saturated rings. The van der Waals surface area contributed by atoms with E-state index in [0.717, 1.165) is 36.1 Å². The lowest BCUT2D eigenvalue weighted by Gasteiger charge is -2.15. The largest absolute Gasteiger partial charge is 0.497 e. The van der Waals surface area contributed by atoms with Gasteiger partial charge in [-0.15, -0.1) is 21.8 Å². The van der Waals surface area contributed by atoms with Crippen molar-refractivity contribution in [3.63, 3.8) is 0 Å². The molecule has 0 radical (unpaired) electrons. The number of hydrogen-bond acceptors (Lipinski definition) is 9. The van der Waals surface area contributed by atoms with Gasteiger partial charge in [-0.05, 0) is 67.3 Å². The number of aromatic amines is 1. The molecule has 0 amide bonds. The number of ether oxygens (including phenoxy) is 3. The fourth-order valence-corrected chi connectivity index (χ4v) is 5.73. The van der Waals surface area contributed by atoms with Gasteiger partial charge in [0.2, 0.25) is 5.43 Å². The fraction of sp³-hybridized carbons (Fsp3) is 0.235. The number of methoxy groups -OCH3 is 2. The topological polar surface area (TPSA) is 135 Å². The summed E-state index contributed by atoms with van der Waals surface area (Å²) in [7, 11) is 3.14. The van der Waals surface area contributed by atoms with Crippen LogP contribution in [0.15, 0.2) is 87.1 Å². The normalized spacial score (nSPS) is 11.5. The number of rotatable bonds is 10. The Labute approximate surface area is 347 Å². The molecule has 4 aromatic heterocycles. The highest BCUT2D eigenvalue weighted by Crippen LogP contribution is 2.42. The Morgan fingerprint density at radius 3 is 1.64 bits per heavy atom. The van der Waals surface area contributed by atoms with Crippen LogP contribution in [-0.4, -0.2) is 54.2 Å². The Hall–Kier alpha value is -5.23. The minimum Gasteiger partial charge on any atom is -0.497 e. The summed E-state index contributed by atoms with van der Waals surface area (Å²) in [6.45, 7) is -5.96. The van der Waals surface area contributed by atoms with E-state index in [1.54, 1.807) is 36.5 Å². The lowest BCUT2D eigenvalue weighted by atomic mass is 10.2. The Kier molecular flexibility index (Phi) is 15.9. The van der Waals surface area contributed by atoms with E-state index in [9.17, 15) is 48.7 Å². The second-order valence-electron chi connectivity index (χ2n) is 11.2. The zero-order valence-corrected chi connectivity index (χ0v) is 33.6. The van der Waals surface area contributed by atoms with Crippen LogP contribution < -0.4 is 19.6 Å². The molecule has 0 atom stereocenters. The Bertz CT molecular complexity index is 2340. The predicted molar refractivity (Wildman–Crippen MR) is 197 cm³/mol. The molecule has 2 aromatic carbocycles. The van der Waals surface area contributed by atoms with Crippen molar-refractivity contribution in [1.29, 1.82) is 0 Å².